The molecule has 1 aliphatic heterocycles. The Hall–Kier alpha value is -2.02. The van der Waals surface area contributed by atoms with Gasteiger partial charge in [-0.2, -0.15) is 5.10 Å². The van der Waals surface area contributed by atoms with Crippen LogP contribution in [0.25, 0.3) is 11.3 Å². The van der Waals surface area contributed by atoms with Gasteiger partial charge in [-0.05, 0) is 44.2 Å². The van der Waals surface area contributed by atoms with Gasteiger partial charge in [0.25, 0.3) is 0 Å². The zero-order chi connectivity index (χ0) is 16.4. The summed E-state index contributed by atoms with van der Waals surface area (Å²) in [6.07, 6.45) is -2.94. The smallest absolute Gasteiger partial charge is 0.406 e. The lowest BCUT2D eigenvalue weighted by Crippen LogP contribution is -2.17. The van der Waals surface area contributed by atoms with Crippen molar-refractivity contribution in [3.63, 3.8) is 0 Å². The molecule has 124 valence electrons. The standard InChI is InChI=1S/C16H18F3N3O/c1-2-22-15(13-7-9-20-10-8-14(13)21-22)11-3-5-12(6-4-11)23-16(17,18)19/h3-6,20H,2,7-10H2,1H3. The number of hydrogen-bond donors (Lipinski definition) is 1. The topological polar surface area (TPSA) is 39.1 Å². The second-order valence-corrected chi connectivity index (χ2v) is 5.41. The summed E-state index contributed by atoms with van der Waals surface area (Å²) in [5.41, 5.74) is 4.10. The summed E-state index contributed by atoms with van der Waals surface area (Å²) in [5, 5.41) is 7.99. The van der Waals surface area contributed by atoms with Gasteiger partial charge in [0, 0.05) is 30.6 Å². The van der Waals surface area contributed by atoms with Crippen LogP contribution in [-0.4, -0.2) is 29.2 Å². The third-order valence-corrected chi connectivity index (χ3v) is 3.88. The predicted octanol–water partition coefficient (Wildman–Crippen LogP) is 3.16. The molecule has 4 nitrogen and oxygen atoms in total. The van der Waals surface area contributed by atoms with Crippen molar-refractivity contribution in [2.24, 2.45) is 0 Å². The number of aromatic nitrogens is 2. The van der Waals surface area contributed by atoms with Crippen molar-refractivity contribution >= 4 is 0 Å². The van der Waals surface area contributed by atoms with E-state index in [0.717, 1.165) is 49.4 Å². The average Bonchev–Trinajstić information content (AvgIpc) is 2.68. The molecule has 0 aliphatic carbocycles. The third kappa shape index (κ3) is 3.50. The lowest BCUT2D eigenvalue weighted by atomic mass is 10.0. The fourth-order valence-corrected chi connectivity index (χ4v) is 2.92. The summed E-state index contributed by atoms with van der Waals surface area (Å²) in [7, 11) is 0. The molecule has 0 unspecified atom stereocenters. The van der Waals surface area contributed by atoms with Gasteiger partial charge in [0.05, 0.1) is 11.4 Å². The van der Waals surface area contributed by atoms with Gasteiger partial charge < -0.3 is 10.1 Å². The van der Waals surface area contributed by atoms with Crippen LogP contribution < -0.4 is 10.1 Å². The molecule has 3 rings (SSSR count). The van der Waals surface area contributed by atoms with E-state index < -0.39 is 6.36 Å². The number of ether oxygens (including phenoxy) is 1. The molecule has 0 amide bonds. The number of benzene rings is 1. The Morgan fingerprint density at radius 3 is 2.52 bits per heavy atom. The average molecular weight is 325 g/mol. The zero-order valence-corrected chi connectivity index (χ0v) is 12.8. The number of aryl methyl sites for hydroxylation is 1. The first-order valence-corrected chi connectivity index (χ1v) is 7.63. The van der Waals surface area contributed by atoms with E-state index in [2.05, 4.69) is 15.2 Å². The van der Waals surface area contributed by atoms with E-state index in [0.29, 0.717) is 0 Å². The second-order valence-electron chi connectivity index (χ2n) is 5.41. The monoisotopic (exact) mass is 325 g/mol. The Kier molecular flexibility index (Phi) is 4.30. The lowest BCUT2D eigenvalue weighted by Gasteiger charge is -2.11. The highest BCUT2D eigenvalue weighted by molar-refractivity contribution is 5.66. The summed E-state index contributed by atoms with van der Waals surface area (Å²) in [5.74, 6) is -0.212. The first kappa shape index (κ1) is 15.9. The number of alkyl halides is 3. The molecular formula is C16H18F3N3O. The van der Waals surface area contributed by atoms with E-state index in [9.17, 15) is 13.2 Å². The Labute approximate surface area is 132 Å². The van der Waals surface area contributed by atoms with Gasteiger partial charge in [0.2, 0.25) is 0 Å². The molecule has 0 saturated heterocycles. The van der Waals surface area contributed by atoms with Crippen LogP contribution in [0, 0.1) is 0 Å². The maximum atomic E-state index is 12.3. The summed E-state index contributed by atoms with van der Waals surface area (Å²) >= 11 is 0. The van der Waals surface area contributed by atoms with E-state index >= 15 is 0 Å². The Bertz CT molecular complexity index is 677. The van der Waals surface area contributed by atoms with Crippen LogP contribution in [0.3, 0.4) is 0 Å². The quantitative estimate of drug-likeness (QED) is 0.942. The number of halogens is 3. The van der Waals surface area contributed by atoms with Crippen molar-refractivity contribution in [3.8, 4) is 17.0 Å². The Morgan fingerprint density at radius 1 is 1.17 bits per heavy atom. The number of fused-ring (bicyclic) bond motifs is 1. The van der Waals surface area contributed by atoms with Gasteiger partial charge >= 0.3 is 6.36 Å². The fourth-order valence-electron chi connectivity index (χ4n) is 2.92. The summed E-state index contributed by atoms with van der Waals surface area (Å²) in [4.78, 5) is 0. The zero-order valence-electron chi connectivity index (χ0n) is 12.8. The molecule has 0 atom stereocenters. The van der Waals surface area contributed by atoms with Crippen molar-refractivity contribution in [2.45, 2.75) is 32.7 Å². The van der Waals surface area contributed by atoms with Gasteiger partial charge in [-0.25, -0.2) is 0 Å². The molecule has 1 N–H and O–H groups in total. The minimum absolute atomic E-state index is 0.212. The number of rotatable bonds is 3. The first-order valence-electron chi connectivity index (χ1n) is 7.63. The van der Waals surface area contributed by atoms with Crippen molar-refractivity contribution in [2.75, 3.05) is 13.1 Å². The van der Waals surface area contributed by atoms with E-state index in [1.54, 1.807) is 12.1 Å². The fraction of sp³-hybridized carbons (Fsp3) is 0.438. The molecule has 0 fully saturated rings. The molecule has 1 aromatic carbocycles. The van der Waals surface area contributed by atoms with E-state index in [1.165, 1.54) is 17.7 Å². The third-order valence-electron chi connectivity index (χ3n) is 3.88. The molecule has 2 heterocycles. The molecule has 0 radical (unpaired) electrons. The maximum Gasteiger partial charge on any atom is 0.573 e. The number of nitrogens with zero attached hydrogens (tertiary/aromatic N) is 2. The van der Waals surface area contributed by atoms with Gasteiger partial charge in [-0.15, -0.1) is 13.2 Å². The maximum absolute atomic E-state index is 12.3. The van der Waals surface area contributed by atoms with Crippen LogP contribution in [0.1, 0.15) is 18.2 Å². The molecule has 1 aromatic heterocycles. The number of hydrogen-bond acceptors (Lipinski definition) is 3. The minimum atomic E-state index is -4.67. The summed E-state index contributed by atoms with van der Waals surface area (Å²) in [6, 6.07) is 6.00. The predicted molar refractivity (Wildman–Crippen MR) is 80.3 cm³/mol. The molecule has 23 heavy (non-hydrogen) atoms. The van der Waals surface area contributed by atoms with Crippen LogP contribution in [-0.2, 0) is 19.4 Å². The van der Waals surface area contributed by atoms with Gasteiger partial charge in [-0.1, -0.05) is 0 Å². The van der Waals surface area contributed by atoms with Crippen LogP contribution in [0.4, 0.5) is 13.2 Å². The highest BCUT2D eigenvalue weighted by Crippen LogP contribution is 2.31. The van der Waals surface area contributed by atoms with E-state index in [4.69, 9.17) is 0 Å². The molecule has 7 heteroatoms. The van der Waals surface area contributed by atoms with E-state index in [1.807, 2.05) is 11.6 Å². The van der Waals surface area contributed by atoms with Crippen LogP contribution in [0.2, 0.25) is 0 Å². The largest absolute Gasteiger partial charge is 0.573 e. The van der Waals surface area contributed by atoms with Crippen molar-refractivity contribution in [1.29, 1.82) is 0 Å². The second kappa shape index (κ2) is 6.23. The summed E-state index contributed by atoms with van der Waals surface area (Å²) < 4.78 is 42.6. The molecule has 0 bridgehead atoms. The van der Waals surface area contributed by atoms with Crippen molar-refractivity contribution in [3.05, 3.63) is 35.5 Å². The van der Waals surface area contributed by atoms with Crippen molar-refractivity contribution in [1.82, 2.24) is 15.1 Å². The van der Waals surface area contributed by atoms with Gasteiger partial charge in [0.1, 0.15) is 5.75 Å². The van der Waals surface area contributed by atoms with Crippen molar-refractivity contribution < 1.29 is 17.9 Å². The summed E-state index contributed by atoms with van der Waals surface area (Å²) in [6.45, 7) is 4.50. The molecular weight excluding hydrogens is 307 g/mol. The molecule has 0 saturated carbocycles. The lowest BCUT2D eigenvalue weighted by molar-refractivity contribution is -0.274. The molecule has 0 spiro atoms. The normalized spacial score (nSPS) is 15.1. The highest BCUT2D eigenvalue weighted by Gasteiger charge is 2.31. The molecule has 1 aliphatic rings. The van der Waals surface area contributed by atoms with Gasteiger partial charge in [0.15, 0.2) is 0 Å². The Balaban J connectivity index is 1.96. The van der Waals surface area contributed by atoms with Crippen LogP contribution in [0.5, 0.6) is 5.75 Å². The highest BCUT2D eigenvalue weighted by atomic mass is 19.4. The Morgan fingerprint density at radius 2 is 1.87 bits per heavy atom. The van der Waals surface area contributed by atoms with Crippen LogP contribution in [0.15, 0.2) is 24.3 Å². The molecule has 2 aromatic rings. The van der Waals surface area contributed by atoms with Gasteiger partial charge in [-0.3, -0.25) is 4.68 Å². The minimum Gasteiger partial charge on any atom is -0.406 e. The SMILES string of the molecule is CCn1nc2c(c1-c1ccc(OC(F)(F)F)cc1)CCNCC2. The van der Waals surface area contributed by atoms with E-state index in [-0.39, 0.29) is 5.75 Å². The van der Waals surface area contributed by atoms with Crippen LogP contribution >= 0.6 is 0 Å². The first-order chi connectivity index (χ1) is 11.0. The number of nitrogens with one attached hydrogen (secondary N) is 1.